The molecule has 1 fully saturated rings. The number of nitrogens with one attached hydrogen (secondary N) is 2. The summed E-state index contributed by atoms with van der Waals surface area (Å²) < 4.78 is 13.1. The van der Waals surface area contributed by atoms with Crippen LogP contribution in [-0.2, 0) is 0 Å². The Labute approximate surface area is 106 Å². The molecule has 1 heterocycles. The summed E-state index contributed by atoms with van der Waals surface area (Å²) in [6.07, 6.45) is 4.67. The Bertz CT molecular complexity index is 541. The first-order valence-electron chi connectivity index (χ1n) is 6.58. The van der Waals surface area contributed by atoms with Crippen LogP contribution in [0.25, 0.3) is 11.0 Å². The number of hydrogen-bond donors (Lipinski definition) is 2. The van der Waals surface area contributed by atoms with Crippen molar-refractivity contribution in [2.75, 3.05) is 7.05 Å². The first-order valence-corrected chi connectivity index (χ1v) is 6.58. The SMILES string of the molecule is CNC1CCC(c2nc3ccc(F)cc3[nH]2)CC1. The molecular formula is C14H18FN3. The molecule has 1 saturated carbocycles. The predicted octanol–water partition coefficient (Wildman–Crippen LogP) is 2.95. The summed E-state index contributed by atoms with van der Waals surface area (Å²) in [4.78, 5) is 7.85. The zero-order valence-electron chi connectivity index (χ0n) is 10.5. The van der Waals surface area contributed by atoms with Crippen LogP contribution in [0.5, 0.6) is 0 Å². The highest BCUT2D eigenvalue weighted by atomic mass is 19.1. The molecule has 0 amide bonds. The Morgan fingerprint density at radius 3 is 2.78 bits per heavy atom. The van der Waals surface area contributed by atoms with Gasteiger partial charge in [0.05, 0.1) is 11.0 Å². The van der Waals surface area contributed by atoms with E-state index < -0.39 is 0 Å². The van der Waals surface area contributed by atoms with E-state index in [-0.39, 0.29) is 5.82 Å². The molecule has 0 atom stereocenters. The molecule has 0 bridgehead atoms. The number of benzene rings is 1. The fraction of sp³-hybridized carbons (Fsp3) is 0.500. The van der Waals surface area contributed by atoms with Gasteiger partial charge in [-0.15, -0.1) is 0 Å². The molecule has 0 radical (unpaired) electrons. The Kier molecular flexibility index (Phi) is 3.04. The lowest BCUT2D eigenvalue weighted by atomic mass is 9.86. The fourth-order valence-electron chi connectivity index (χ4n) is 2.85. The monoisotopic (exact) mass is 247 g/mol. The van der Waals surface area contributed by atoms with Crippen LogP contribution in [0.3, 0.4) is 0 Å². The maximum Gasteiger partial charge on any atom is 0.125 e. The Morgan fingerprint density at radius 2 is 2.06 bits per heavy atom. The number of halogens is 1. The van der Waals surface area contributed by atoms with Gasteiger partial charge in [0.1, 0.15) is 11.6 Å². The van der Waals surface area contributed by atoms with Crippen LogP contribution in [0.2, 0.25) is 0 Å². The Hall–Kier alpha value is -1.42. The van der Waals surface area contributed by atoms with Crippen LogP contribution < -0.4 is 5.32 Å². The second-order valence-corrected chi connectivity index (χ2v) is 5.12. The molecule has 2 aromatic rings. The third-order valence-corrected chi connectivity index (χ3v) is 3.98. The normalized spacial score (nSPS) is 24.6. The van der Waals surface area contributed by atoms with Crippen molar-refractivity contribution in [2.45, 2.75) is 37.6 Å². The number of hydrogen-bond acceptors (Lipinski definition) is 2. The lowest BCUT2D eigenvalue weighted by Crippen LogP contribution is -2.29. The number of H-pyrrole nitrogens is 1. The van der Waals surface area contributed by atoms with Gasteiger partial charge < -0.3 is 10.3 Å². The third-order valence-electron chi connectivity index (χ3n) is 3.98. The molecule has 0 unspecified atom stereocenters. The number of fused-ring (bicyclic) bond motifs is 1. The molecule has 1 aromatic carbocycles. The van der Waals surface area contributed by atoms with Crippen molar-refractivity contribution in [3.63, 3.8) is 0 Å². The average Bonchev–Trinajstić information content (AvgIpc) is 2.81. The molecule has 0 saturated heterocycles. The van der Waals surface area contributed by atoms with Crippen LogP contribution in [0.15, 0.2) is 18.2 Å². The summed E-state index contributed by atoms with van der Waals surface area (Å²) in [7, 11) is 2.02. The number of nitrogens with zero attached hydrogens (tertiary/aromatic N) is 1. The second kappa shape index (κ2) is 4.69. The lowest BCUT2D eigenvalue weighted by molar-refractivity contribution is 0.352. The number of aromatic amines is 1. The van der Waals surface area contributed by atoms with Crippen LogP contribution in [0.1, 0.15) is 37.4 Å². The van der Waals surface area contributed by atoms with Gasteiger partial charge in [-0.25, -0.2) is 9.37 Å². The van der Waals surface area contributed by atoms with Crippen LogP contribution in [0.4, 0.5) is 4.39 Å². The molecule has 1 aliphatic rings. The van der Waals surface area contributed by atoms with Gasteiger partial charge in [-0.2, -0.15) is 0 Å². The van der Waals surface area contributed by atoms with Crippen molar-refractivity contribution in [3.8, 4) is 0 Å². The molecule has 3 rings (SSSR count). The molecule has 3 nitrogen and oxygen atoms in total. The van der Waals surface area contributed by atoms with Crippen LogP contribution in [0, 0.1) is 5.82 Å². The fourth-order valence-corrected chi connectivity index (χ4v) is 2.85. The predicted molar refractivity (Wildman–Crippen MR) is 70.1 cm³/mol. The highest BCUT2D eigenvalue weighted by molar-refractivity contribution is 5.75. The lowest BCUT2D eigenvalue weighted by Gasteiger charge is -2.26. The summed E-state index contributed by atoms with van der Waals surface area (Å²) in [5.74, 6) is 1.30. The van der Waals surface area contributed by atoms with Crippen molar-refractivity contribution in [1.82, 2.24) is 15.3 Å². The van der Waals surface area contributed by atoms with Gasteiger partial charge in [0.15, 0.2) is 0 Å². The largest absolute Gasteiger partial charge is 0.342 e. The van der Waals surface area contributed by atoms with E-state index in [9.17, 15) is 4.39 Å². The summed E-state index contributed by atoms with van der Waals surface area (Å²) in [6.45, 7) is 0. The third kappa shape index (κ3) is 2.12. The quantitative estimate of drug-likeness (QED) is 0.856. The van der Waals surface area contributed by atoms with Crippen molar-refractivity contribution < 1.29 is 4.39 Å². The molecule has 1 aromatic heterocycles. The Balaban J connectivity index is 1.82. The zero-order valence-corrected chi connectivity index (χ0v) is 10.5. The highest BCUT2D eigenvalue weighted by Crippen LogP contribution is 2.32. The summed E-state index contributed by atoms with van der Waals surface area (Å²) >= 11 is 0. The second-order valence-electron chi connectivity index (χ2n) is 5.12. The van der Waals surface area contributed by atoms with Gasteiger partial charge >= 0.3 is 0 Å². The summed E-state index contributed by atoms with van der Waals surface area (Å²) in [5.41, 5.74) is 1.67. The molecule has 4 heteroatoms. The van der Waals surface area contributed by atoms with E-state index in [2.05, 4.69) is 15.3 Å². The topological polar surface area (TPSA) is 40.7 Å². The van der Waals surface area contributed by atoms with Crippen LogP contribution >= 0.6 is 0 Å². The van der Waals surface area contributed by atoms with E-state index in [1.807, 2.05) is 7.05 Å². The van der Waals surface area contributed by atoms with Gasteiger partial charge in [-0.1, -0.05) is 0 Å². The maximum absolute atomic E-state index is 13.1. The molecule has 18 heavy (non-hydrogen) atoms. The smallest absolute Gasteiger partial charge is 0.125 e. The number of rotatable bonds is 2. The van der Waals surface area contributed by atoms with Crippen molar-refractivity contribution >= 4 is 11.0 Å². The summed E-state index contributed by atoms with van der Waals surface area (Å²) in [6, 6.07) is 5.36. The van der Waals surface area contributed by atoms with Gasteiger partial charge in [0.25, 0.3) is 0 Å². The van der Waals surface area contributed by atoms with Crippen molar-refractivity contribution in [3.05, 3.63) is 29.8 Å². The Morgan fingerprint density at radius 1 is 1.28 bits per heavy atom. The van der Waals surface area contributed by atoms with Crippen molar-refractivity contribution in [1.29, 1.82) is 0 Å². The standard InChI is InChI=1S/C14H18FN3/c1-16-11-5-2-9(3-6-11)14-17-12-7-4-10(15)8-13(12)18-14/h4,7-9,11,16H,2-3,5-6H2,1H3,(H,17,18). The maximum atomic E-state index is 13.1. The first-order chi connectivity index (χ1) is 8.76. The molecule has 96 valence electrons. The van der Waals surface area contributed by atoms with E-state index in [0.717, 1.165) is 29.7 Å². The minimum atomic E-state index is -0.211. The molecular weight excluding hydrogens is 229 g/mol. The molecule has 0 aliphatic heterocycles. The minimum absolute atomic E-state index is 0.211. The van der Waals surface area contributed by atoms with E-state index in [0.29, 0.717) is 12.0 Å². The molecule has 0 spiro atoms. The number of aromatic nitrogens is 2. The average molecular weight is 247 g/mol. The van der Waals surface area contributed by atoms with Gasteiger partial charge in [0.2, 0.25) is 0 Å². The van der Waals surface area contributed by atoms with Crippen molar-refractivity contribution in [2.24, 2.45) is 0 Å². The molecule has 1 aliphatic carbocycles. The summed E-state index contributed by atoms with van der Waals surface area (Å²) in [5, 5.41) is 3.33. The van der Waals surface area contributed by atoms with E-state index in [4.69, 9.17) is 0 Å². The van der Waals surface area contributed by atoms with Gasteiger partial charge in [-0.3, -0.25) is 0 Å². The number of imidazole rings is 1. The zero-order chi connectivity index (χ0) is 12.5. The molecule has 2 N–H and O–H groups in total. The van der Waals surface area contributed by atoms with Gasteiger partial charge in [-0.05, 0) is 50.9 Å². The highest BCUT2D eigenvalue weighted by Gasteiger charge is 2.23. The minimum Gasteiger partial charge on any atom is -0.342 e. The van der Waals surface area contributed by atoms with E-state index in [1.54, 1.807) is 6.07 Å². The first kappa shape index (κ1) is 11.7. The van der Waals surface area contributed by atoms with E-state index in [1.165, 1.54) is 25.0 Å². The van der Waals surface area contributed by atoms with E-state index >= 15 is 0 Å². The van der Waals surface area contributed by atoms with Crippen LogP contribution in [-0.4, -0.2) is 23.1 Å². The van der Waals surface area contributed by atoms with Gasteiger partial charge in [0, 0.05) is 12.0 Å².